The van der Waals surface area contributed by atoms with Gasteiger partial charge >= 0.3 is 0 Å². The number of unbranched alkanes of at least 4 members (excludes halogenated alkanes) is 1. The van der Waals surface area contributed by atoms with Gasteiger partial charge in [0.2, 0.25) is 0 Å². The van der Waals surface area contributed by atoms with Crippen molar-refractivity contribution in [3.63, 3.8) is 0 Å². The maximum absolute atomic E-state index is 6.45. The third kappa shape index (κ3) is 8.36. The number of hydrogen-bond donors (Lipinski definition) is 0. The summed E-state index contributed by atoms with van der Waals surface area (Å²) in [6, 6.07) is 26.9. The predicted molar refractivity (Wildman–Crippen MR) is 177 cm³/mol. The van der Waals surface area contributed by atoms with Crippen LogP contribution in [0.4, 0.5) is 0 Å². The average Bonchev–Trinajstić information content (AvgIpc) is 2.89. The number of nitrogens with zero attached hydrogens (tertiary/aromatic N) is 2. The number of thiol groups is 1. The Labute approximate surface area is 252 Å². The maximum atomic E-state index is 6.45. The largest absolute Gasteiger partial charge is 0.320 e. The summed E-state index contributed by atoms with van der Waals surface area (Å²) in [6.07, 6.45) is 2.43. The van der Waals surface area contributed by atoms with Crippen LogP contribution in [0.25, 0.3) is 10.8 Å². The van der Waals surface area contributed by atoms with Crippen molar-refractivity contribution in [1.82, 2.24) is 4.31 Å². The molecule has 0 unspecified atom stereocenters. The number of hydrogen-bond acceptors (Lipinski definition) is 1. The molecule has 0 aromatic heterocycles. The minimum absolute atomic E-state index is 0.821. The van der Waals surface area contributed by atoms with E-state index in [1.54, 1.807) is 0 Å². The summed E-state index contributed by atoms with van der Waals surface area (Å²) in [6.45, 7) is 20.3. The SMILES string of the molecule is CC[N+](CC)(CCCCN(Cc1cc(C)cc(C)c1)[SH+]c1ccc2c(Cl)cccc2c1)Cc1cc(C)cc(C)c1. The van der Waals surface area contributed by atoms with Crippen molar-refractivity contribution in [3.05, 3.63) is 111 Å². The highest BCUT2D eigenvalue weighted by Gasteiger charge is 2.24. The lowest BCUT2D eigenvalue weighted by atomic mass is 10.1. The Balaban J connectivity index is 1.46. The summed E-state index contributed by atoms with van der Waals surface area (Å²) in [4.78, 5) is 1.32. The predicted octanol–water partition coefficient (Wildman–Crippen LogP) is 9.15. The number of halogens is 1. The molecule has 0 radical (unpaired) electrons. The van der Waals surface area contributed by atoms with Gasteiger partial charge in [-0.15, -0.1) is 4.31 Å². The molecule has 40 heavy (non-hydrogen) atoms. The van der Waals surface area contributed by atoms with Gasteiger partial charge in [0, 0.05) is 28.6 Å². The van der Waals surface area contributed by atoms with E-state index in [1.165, 1.54) is 88.1 Å². The van der Waals surface area contributed by atoms with Crippen molar-refractivity contribution < 1.29 is 4.48 Å². The Hall–Kier alpha value is -2.30. The molecule has 0 aliphatic carbocycles. The fourth-order valence-corrected chi connectivity index (χ4v) is 7.51. The monoisotopic (exact) mass is 574 g/mol. The summed E-state index contributed by atoms with van der Waals surface area (Å²) >= 11 is 7.70. The van der Waals surface area contributed by atoms with Crippen LogP contribution in [0.1, 0.15) is 60.1 Å². The van der Waals surface area contributed by atoms with Crippen molar-refractivity contribution in [2.75, 3.05) is 26.2 Å². The van der Waals surface area contributed by atoms with E-state index in [1.807, 2.05) is 12.1 Å². The number of aryl methyl sites for hydroxylation is 4. The van der Waals surface area contributed by atoms with Crippen molar-refractivity contribution >= 4 is 34.3 Å². The summed E-state index contributed by atoms with van der Waals surface area (Å²) in [7, 11) is 0. The van der Waals surface area contributed by atoms with E-state index in [4.69, 9.17) is 11.6 Å². The van der Waals surface area contributed by atoms with Crippen LogP contribution in [0, 0.1) is 27.7 Å². The highest BCUT2D eigenvalue weighted by molar-refractivity contribution is 7.76. The summed E-state index contributed by atoms with van der Waals surface area (Å²) in [5, 5.41) is 3.16. The van der Waals surface area contributed by atoms with Crippen molar-refractivity contribution in [2.45, 2.75) is 72.4 Å². The quantitative estimate of drug-likeness (QED) is 0.0665. The number of fused-ring (bicyclic) bond motifs is 1. The van der Waals surface area contributed by atoms with Crippen molar-refractivity contribution in [1.29, 1.82) is 0 Å². The first-order valence-corrected chi connectivity index (χ1v) is 16.1. The molecule has 0 aliphatic heterocycles. The van der Waals surface area contributed by atoms with Gasteiger partial charge in [0.25, 0.3) is 0 Å². The van der Waals surface area contributed by atoms with Crippen LogP contribution in [0.15, 0.2) is 77.7 Å². The van der Waals surface area contributed by atoms with Crippen LogP contribution < -0.4 is 0 Å². The highest BCUT2D eigenvalue weighted by Crippen LogP contribution is 2.26. The van der Waals surface area contributed by atoms with Gasteiger partial charge in [-0.3, -0.25) is 0 Å². The van der Waals surface area contributed by atoms with E-state index in [-0.39, 0.29) is 0 Å². The van der Waals surface area contributed by atoms with E-state index in [2.05, 4.69) is 107 Å². The Kier molecular flexibility index (Phi) is 10.8. The fourth-order valence-electron chi connectivity index (χ4n) is 6.12. The molecule has 212 valence electrons. The first kappa shape index (κ1) is 30.7. The molecule has 4 aromatic rings. The molecule has 0 fully saturated rings. The van der Waals surface area contributed by atoms with Crippen LogP contribution in [0.2, 0.25) is 5.02 Å². The lowest BCUT2D eigenvalue weighted by Gasteiger charge is -2.37. The zero-order valence-corrected chi connectivity index (χ0v) is 27.0. The molecule has 0 bridgehead atoms. The van der Waals surface area contributed by atoms with Gasteiger partial charge in [-0.05, 0) is 83.5 Å². The van der Waals surface area contributed by atoms with Crippen molar-refractivity contribution in [2.24, 2.45) is 0 Å². The number of rotatable bonds is 13. The summed E-state index contributed by atoms with van der Waals surface area (Å²) in [5.74, 6) is 0. The minimum Gasteiger partial charge on any atom is -0.320 e. The highest BCUT2D eigenvalue weighted by atomic mass is 35.5. The van der Waals surface area contributed by atoms with E-state index in [9.17, 15) is 0 Å². The molecular weight excluding hydrogens is 528 g/mol. The molecule has 0 aliphatic rings. The van der Waals surface area contributed by atoms with Gasteiger partial charge in [0.1, 0.15) is 6.54 Å². The minimum atomic E-state index is 0.821. The van der Waals surface area contributed by atoms with E-state index in [0.717, 1.165) is 34.5 Å². The molecule has 4 heteroatoms. The van der Waals surface area contributed by atoms with Crippen LogP contribution in [0.3, 0.4) is 0 Å². The molecule has 4 aromatic carbocycles. The zero-order valence-electron chi connectivity index (χ0n) is 25.3. The van der Waals surface area contributed by atoms with Gasteiger partial charge in [0.05, 0.1) is 38.1 Å². The molecular formula is C36H47ClN2S+2. The smallest absolute Gasteiger partial charge is 0.174 e. The Morgan fingerprint density at radius 3 is 1.98 bits per heavy atom. The maximum Gasteiger partial charge on any atom is 0.174 e. The van der Waals surface area contributed by atoms with Crippen LogP contribution in [0.5, 0.6) is 0 Å². The molecule has 0 N–H and O–H groups in total. The Morgan fingerprint density at radius 1 is 0.725 bits per heavy atom. The second kappa shape index (κ2) is 14.0. The molecule has 0 saturated heterocycles. The van der Waals surface area contributed by atoms with Gasteiger partial charge in [-0.1, -0.05) is 82.4 Å². The number of benzene rings is 4. The van der Waals surface area contributed by atoms with Gasteiger partial charge in [0.15, 0.2) is 4.90 Å². The summed E-state index contributed by atoms with van der Waals surface area (Å²) in [5.41, 5.74) is 8.30. The zero-order chi connectivity index (χ0) is 28.7. The lowest BCUT2D eigenvalue weighted by molar-refractivity contribution is -0.938. The Morgan fingerprint density at radius 2 is 1.35 bits per heavy atom. The second-order valence-electron chi connectivity index (χ2n) is 11.7. The molecule has 2 nitrogen and oxygen atoms in total. The molecule has 0 saturated carbocycles. The normalized spacial score (nSPS) is 12.0. The number of quaternary nitrogens is 1. The van der Waals surface area contributed by atoms with E-state index in [0.29, 0.717) is 0 Å². The molecule has 0 heterocycles. The average molecular weight is 575 g/mol. The van der Waals surface area contributed by atoms with E-state index < -0.39 is 0 Å². The van der Waals surface area contributed by atoms with Crippen molar-refractivity contribution in [3.8, 4) is 0 Å². The lowest BCUT2D eigenvalue weighted by Crippen LogP contribution is -2.47. The molecule has 4 rings (SSSR count). The van der Waals surface area contributed by atoms with Gasteiger partial charge < -0.3 is 4.48 Å². The molecule has 0 amide bonds. The van der Waals surface area contributed by atoms with Crippen LogP contribution in [-0.4, -0.2) is 35.0 Å². The standard InChI is InChI=1S/C36H46ClN2S/c1-7-39(8-2,26-32-22-29(5)19-30(6)23-32)17-10-9-16-38(25-31-20-27(3)18-28(4)21-31)40-34-14-15-35-33(24-34)12-11-13-36(35)37/h11-15,18-24H,7-10,16-17,25-26H2,1-6H3/q+1/p+1. The first-order valence-electron chi connectivity index (χ1n) is 14.8. The second-order valence-corrected chi connectivity index (χ2v) is 13.4. The van der Waals surface area contributed by atoms with Gasteiger partial charge in [-0.2, -0.15) is 0 Å². The first-order chi connectivity index (χ1) is 19.2. The third-order valence-corrected chi connectivity index (χ3v) is 9.62. The van der Waals surface area contributed by atoms with E-state index >= 15 is 0 Å². The Bertz CT molecular complexity index is 1390. The van der Waals surface area contributed by atoms with Gasteiger partial charge in [-0.25, -0.2) is 0 Å². The topological polar surface area (TPSA) is 3.24 Å². The fraction of sp³-hybridized carbons (Fsp3) is 0.389. The third-order valence-electron chi connectivity index (χ3n) is 8.15. The molecule has 0 spiro atoms. The van der Waals surface area contributed by atoms with Crippen LogP contribution >= 0.6 is 11.6 Å². The molecule has 0 atom stereocenters. The van der Waals surface area contributed by atoms with Crippen LogP contribution in [-0.2, 0) is 25.0 Å². The summed E-state index contributed by atoms with van der Waals surface area (Å²) < 4.78 is 3.76.